The molecule has 0 aromatic heterocycles. The third kappa shape index (κ3) is 5.91. The van der Waals surface area contributed by atoms with Crippen LogP contribution in [0.4, 0.5) is 0 Å². The van der Waals surface area contributed by atoms with Crippen LogP contribution in [0.25, 0.3) is 10.8 Å². The molecule has 1 aliphatic heterocycles. The van der Waals surface area contributed by atoms with Gasteiger partial charge in [-0.25, -0.2) is 13.1 Å². The number of hydrogen-bond donors (Lipinski definition) is 3. The maximum atomic E-state index is 13.3. The van der Waals surface area contributed by atoms with Gasteiger partial charge in [-0.2, -0.15) is 0 Å². The number of carbonyl (C=O) groups is 1. The predicted octanol–water partition coefficient (Wildman–Crippen LogP) is 4.04. The summed E-state index contributed by atoms with van der Waals surface area (Å²) in [7, 11) is -3.76. The summed E-state index contributed by atoms with van der Waals surface area (Å²) in [5.74, 6) is -0.372. The Kier molecular flexibility index (Phi) is 7.65. The molecule has 7 heteroatoms. The fourth-order valence-corrected chi connectivity index (χ4v) is 6.57. The molecule has 1 heterocycles. The number of fused-ring (bicyclic) bond motifs is 1. The Labute approximate surface area is 218 Å². The van der Waals surface area contributed by atoms with Gasteiger partial charge in [-0.05, 0) is 29.0 Å². The second-order valence-electron chi connectivity index (χ2n) is 9.51. The van der Waals surface area contributed by atoms with Crippen LogP contribution < -0.4 is 15.4 Å². The lowest BCUT2D eigenvalue weighted by Crippen LogP contribution is -2.52. The summed E-state index contributed by atoms with van der Waals surface area (Å²) >= 11 is 0. The predicted molar refractivity (Wildman–Crippen MR) is 147 cm³/mol. The largest absolute Gasteiger partial charge is 0.355 e. The standard InChI is InChI=1S/C30H31N3O3S/c34-30(32-21-28(23-10-3-1-4-11-23)24-12-5-2-6-13-24)25-18-26(20-31-19-25)33-37(35,36)29-17-9-15-22-14-7-8-16-27(22)29/h1-17,25-26,28,31,33H,18-21H2,(H,32,34)/t25-,26+/m0/s1. The Bertz CT molecular complexity index is 1410. The van der Waals surface area contributed by atoms with Gasteiger partial charge >= 0.3 is 0 Å². The minimum absolute atomic E-state index is 0.0311. The third-order valence-electron chi connectivity index (χ3n) is 6.97. The first-order valence-corrected chi connectivity index (χ1v) is 14.1. The van der Waals surface area contributed by atoms with Crippen LogP contribution in [0, 0.1) is 5.92 Å². The summed E-state index contributed by atoms with van der Waals surface area (Å²) in [5.41, 5.74) is 2.27. The van der Waals surface area contributed by atoms with E-state index in [9.17, 15) is 13.2 Å². The summed E-state index contributed by atoms with van der Waals surface area (Å²) in [5, 5.41) is 7.93. The Balaban J connectivity index is 1.26. The number of carbonyl (C=O) groups excluding carboxylic acids is 1. The van der Waals surface area contributed by atoms with Gasteiger partial charge in [0, 0.05) is 37.0 Å². The molecule has 5 rings (SSSR count). The summed E-state index contributed by atoms with van der Waals surface area (Å²) in [6, 6.07) is 32.6. The van der Waals surface area contributed by atoms with Crippen molar-refractivity contribution in [3.05, 3.63) is 114 Å². The number of sulfonamides is 1. The summed E-state index contributed by atoms with van der Waals surface area (Å²) < 4.78 is 29.4. The van der Waals surface area contributed by atoms with E-state index >= 15 is 0 Å². The highest BCUT2D eigenvalue weighted by Crippen LogP contribution is 2.25. The molecule has 1 saturated heterocycles. The molecule has 0 radical (unpaired) electrons. The van der Waals surface area contributed by atoms with Gasteiger partial charge in [0.2, 0.25) is 15.9 Å². The molecule has 0 bridgehead atoms. The molecular weight excluding hydrogens is 482 g/mol. The van der Waals surface area contributed by atoms with Gasteiger partial charge in [-0.15, -0.1) is 0 Å². The third-order valence-corrected chi connectivity index (χ3v) is 8.55. The van der Waals surface area contributed by atoms with Crippen LogP contribution in [0.5, 0.6) is 0 Å². The summed E-state index contributed by atoms with van der Waals surface area (Å²) in [4.78, 5) is 13.4. The van der Waals surface area contributed by atoms with E-state index < -0.39 is 10.0 Å². The molecule has 190 valence electrons. The second kappa shape index (κ2) is 11.3. The van der Waals surface area contributed by atoms with Crippen molar-refractivity contribution in [2.75, 3.05) is 19.6 Å². The van der Waals surface area contributed by atoms with Crippen molar-refractivity contribution in [3.63, 3.8) is 0 Å². The van der Waals surface area contributed by atoms with E-state index in [1.807, 2.05) is 66.7 Å². The smallest absolute Gasteiger partial charge is 0.241 e. The number of nitrogens with one attached hydrogen (secondary N) is 3. The summed E-state index contributed by atoms with van der Waals surface area (Å²) in [6.45, 7) is 1.46. The fourth-order valence-electron chi connectivity index (χ4n) is 5.09. The lowest BCUT2D eigenvalue weighted by molar-refractivity contribution is -0.125. The van der Waals surface area contributed by atoms with Crippen molar-refractivity contribution < 1.29 is 13.2 Å². The van der Waals surface area contributed by atoms with Crippen LogP contribution in [0.1, 0.15) is 23.5 Å². The van der Waals surface area contributed by atoms with Gasteiger partial charge in [0.15, 0.2) is 0 Å². The summed E-state index contributed by atoms with van der Waals surface area (Å²) in [6.07, 6.45) is 0.435. The first-order valence-electron chi connectivity index (χ1n) is 12.6. The second-order valence-corrected chi connectivity index (χ2v) is 11.2. The molecule has 6 nitrogen and oxygen atoms in total. The molecule has 1 aliphatic rings. The Morgan fingerprint density at radius 2 is 1.43 bits per heavy atom. The number of hydrogen-bond acceptors (Lipinski definition) is 4. The van der Waals surface area contributed by atoms with Crippen molar-refractivity contribution in [3.8, 4) is 0 Å². The van der Waals surface area contributed by atoms with Gasteiger partial charge in [0.1, 0.15) is 0 Å². The average molecular weight is 514 g/mol. The fraction of sp³-hybridized carbons (Fsp3) is 0.233. The number of rotatable bonds is 8. The minimum atomic E-state index is -3.76. The first-order chi connectivity index (χ1) is 18.0. The van der Waals surface area contributed by atoms with Crippen LogP contribution in [-0.4, -0.2) is 40.0 Å². The molecule has 4 aromatic rings. The highest BCUT2D eigenvalue weighted by Gasteiger charge is 2.31. The SMILES string of the molecule is O=C(NCC(c1ccccc1)c1ccccc1)[C@@H]1CNC[C@H](NS(=O)(=O)c2cccc3ccccc23)C1. The van der Waals surface area contributed by atoms with Crippen LogP contribution in [0.2, 0.25) is 0 Å². The van der Waals surface area contributed by atoms with E-state index in [2.05, 4.69) is 39.6 Å². The number of amides is 1. The highest BCUT2D eigenvalue weighted by molar-refractivity contribution is 7.89. The van der Waals surface area contributed by atoms with Gasteiger partial charge in [-0.3, -0.25) is 4.79 Å². The van der Waals surface area contributed by atoms with Crippen molar-refractivity contribution in [1.29, 1.82) is 0 Å². The van der Waals surface area contributed by atoms with Crippen LogP contribution in [0.15, 0.2) is 108 Å². The average Bonchev–Trinajstić information content (AvgIpc) is 2.94. The molecule has 0 saturated carbocycles. The van der Waals surface area contributed by atoms with Crippen molar-refractivity contribution in [2.24, 2.45) is 5.92 Å². The topological polar surface area (TPSA) is 87.3 Å². The van der Waals surface area contributed by atoms with E-state index in [0.29, 0.717) is 31.4 Å². The number of benzene rings is 4. The molecule has 3 N–H and O–H groups in total. The molecule has 1 fully saturated rings. The minimum Gasteiger partial charge on any atom is -0.355 e. The molecular formula is C30H31N3O3S. The maximum absolute atomic E-state index is 13.3. The van der Waals surface area contributed by atoms with Crippen molar-refractivity contribution >= 4 is 26.7 Å². The van der Waals surface area contributed by atoms with Crippen molar-refractivity contribution in [1.82, 2.24) is 15.4 Å². The van der Waals surface area contributed by atoms with Gasteiger partial charge in [-0.1, -0.05) is 97.1 Å². The van der Waals surface area contributed by atoms with Crippen LogP contribution in [0.3, 0.4) is 0 Å². The van der Waals surface area contributed by atoms with E-state index in [0.717, 1.165) is 16.5 Å². The molecule has 0 spiro atoms. The first kappa shape index (κ1) is 25.1. The quantitative estimate of drug-likeness (QED) is 0.332. The Morgan fingerprint density at radius 1 is 0.811 bits per heavy atom. The monoisotopic (exact) mass is 513 g/mol. The lowest BCUT2D eigenvalue weighted by atomic mass is 9.90. The molecule has 1 amide bonds. The Hall–Kier alpha value is -3.52. The van der Waals surface area contributed by atoms with E-state index in [1.165, 1.54) is 0 Å². The molecule has 0 aliphatic carbocycles. The normalized spacial score (nSPS) is 18.1. The van der Waals surface area contributed by atoms with Crippen LogP contribution >= 0.6 is 0 Å². The zero-order chi connectivity index (χ0) is 25.7. The van der Waals surface area contributed by atoms with E-state index in [4.69, 9.17) is 0 Å². The van der Waals surface area contributed by atoms with Gasteiger partial charge in [0.25, 0.3) is 0 Å². The van der Waals surface area contributed by atoms with E-state index in [1.54, 1.807) is 12.1 Å². The van der Waals surface area contributed by atoms with Crippen molar-refractivity contribution in [2.45, 2.75) is 23.3 Å². The number of piperidine rings is 1. The molecule has 4 aromatic carbocycles. The zero-order valence-corrected chi connectivity index (χ0v) is 21.3. The van der Waals surface area contributed by atoms with Crippen LogP contribution in [-0.2, 0) is 14.8 Å². The maximum Gasteiger partial charge on any atom is 0.241 e. The van der Waals surface area contributed by atoms with E-state index in [-0.39, 0.29) is 28.7 Å². The van der Waals surface area contributed by atoms with Gasteiger partial charge < -0.3 is 10.6 Å². The zero-order valence-electron chi connectivity index (χ0n) is 20.5. The van der Waals surface area contributed by atoms with Gasteiger partial charge in [0.05, 0.1) is 10.8 Å². The molecule has 2 atom stereocenters. The lowest BCUT2D eigenvalue weighted by Gasteiger charge is -2.30. The highest BCUT2D eigenvalue weighted by atomic mass is 32.2. The Morgan fingerprint density at radius 3 is 2.14 bits per heavy atom. The molecule has 0 unspecified atom stereocenters. The molecule has 37 heavy (non-hydrogen) atoms.